The van der Waals surface area contributed by atoms with Crippen LogP contribution < -0.4 is 14.4 Å². The maximum Gasteiger partial charge on any atom is 0.301 e. The number of rotatable bonds is 13. The van der Waals surface area contributed by atoms with Crippen molar-refractivity contribution in [1.82, 2.24) is 10.2 Å². The number of carbonyl (C=O) groups is 2. The number of amides is 1. The predicted octanol–water partition coefficient (Wildman–Crippen LogP) is 8.87. The molecule has 6 rings (SSSR count). The van der Waals surface area contributed by atoms with Gasteiger partial charge in [-0.15, -0.1) is 10.2 Å². The second-order valence-electron chi connectivity index (χ2n) is 11.0. The Morgan fingerprint density at radius 1 is 0.875 bits per heavy atom. The number of anilines is 1. The van der Waals surface area contributed by atoms with Crippen LogP contribution in [0.4, 0.5) is 5.13 Å². The van der Waals surface area contributed by atoms with E-state index in [0.717, 1.165) is 24.0 Å². The molecule has 0 aliphatic carbocycles. The Morgan fingerprint density at radius 2 is 1.56 bits per heavy atom. The van der Waals surface area contributed by atoms with E-state index >= 15 is 0 Å². The average molecular weight is 698 g/mol. The summed E-state index contributed by atoms with van der Waals surface area (Å²) >= 11 is 8.69. The van der Waals surface area contributed by atoms with Crippen molar-refractivity contribution in [3.63, 3.8) is 0 Å². The summed E-state index contributed by atoms with van der Waals surface area (Å²) in [5.41, 5.74) is 3.03. The van der Waals surface area contributed by atoms with Gasteiger partial charge in [0.1, 0.15) is 23.9 Å². The summed E-state index contributed by atoms with van der Waals surface area (Å²) in [5, 5.41) is 21.1. The highest BCUT2D eigenvalue weighted by atomic mass is 35.5. The number of hydrogen-bond donors (Lipinski definition) is 1. The zero-order chi connectivity index (χ0) is 33.5. The van der Waals surface area contributed by atoms with Gasteiger partial charge in [0.25, 0.3) is 5.78 Å². The van der Waals surface area contributed by atoms with Crippen LogP contribution in [-0.4, -0.2) is 33.6 Å². The average Bonchev–Trinajstić information content (AvgIpc) is 3.69. The maximum absolute atomic E-state index is 13.7. The number of halogens is 1. The lowest BCUT2D eigenvalue weighted by molar-refractivity contribution is -0.132. The van der Waals surface area contributed by atoms with Crippen LogP contribution in [0.25, 0.3) is 5.76 Å². The number of aromatic nitrogens is 2. The Morgan fingerprint density at radius 3 is 2.27 bits per heavy atom. The van der Waals surface area contributed by atoms with E-state index in [1.54, 1.807) is 48.5 Å². The molecule has 0 spiro atoms. The third kappa shape index (κ3) is 7.73. The molecule has 11 heteroatoms. The number of ether oxygens (including phenoxy) is 2. The summed E-state index contributed by atoms with van der Waals surface area (Å²) in [5.74, 6) is 0.00541. The molecule has 1 aliphatic heterocycles. The molecule has 0 saturated carbocycles. The van der Waals surface area contributed by atoms with Gasteiger partial charge in [0, 0.05) is 16.3 Å². The Kier molecular flexibility index (Phi) is 10.7. The van der Waals surface area contributed by atoms with Gasteiger partial charge in [-0.25, -0.2) is 0 Å². The van der Waals surface area contributed by atoms with Crippen LogP contribution in [0.15, 0.2) is 113 Å². The lowest BCUT2D eigenvalue weighted by atomic mass is 9.95. The fraction of sp³-hybridized carbons (Fsp3) is 0.189. The summed E-state index contributed by atoms with van der Waals surface area (Å²) < 4.78 is 12.4. The van der Waals surface area contributed by atoms with Gasteiger partial charge in [0.2, 0.25) is 5.13 Å². The van der Waals surface area contributed by atoms with Crippen molar-refractivity contribution < 1.29 is 24.2 Å². The molecule has 1 aromatic heterocycles. The topological polar surface area (TPSA) is 102 Å². The van der Waals surface area contributed by atoms with E-state index in [2.05, 4.69) is 17.1 Å². The molecule has 4 aromatic carbocycles. The number of ketones is 1. The lowest BCUT2D eigenvalue weighted by Gasteiger charge is -2.22. The van der Waals surface area contributed by atoms with Gasteiger partial charge < -0.3 is 14.6 Å². The van der Waals surface area contributed by atoms with E-state index in [1.165, 1.54) is 28.0 Å². The van der Waals surface area contributed by atoms with Crippen LogP contribution in [0.5, 0.6) is 11.5 Å². The standard InChI is InChI=1S/C37H32ClN3O5S2/c1-2-3-21-45-29-19-13-27(14-20-29)33(42)31-32(26-11-17-30(18-12-26)46-22-24-7-5-4-6-8-24)41(35(44)34(31)43)36-39-40-37(48-36)47-23-25-9-15-28(38)16-10-25/h4-20,32,42H,2-3,21-23H2,1H3/t32-/m0/s1. The van der Waals surface area contributed by atoms with Crippen molar-refractivity contribution in [2.75, 3.05) is 11.5 Å². The highest BCUT2D eigenvalue weighted by molar-refractivity contribution is 8.00. The highest BCUT2D eigenvalue weighted by Crippen LogP contribution is 2.44. The Labute approximate surface area is 292 Å². The van der Waals surface area contributed by atoms with Gasteiger partial charge in [-0.3, -0.25) is 14.5 Å². The summed E-state index contributed by atoms with van der Waals surface area (Å²) in [6.45, 7) is 3.06. The Bertz CT molecular complexity index is 1900. The molecule has 1 fully saturated rings. The van der Waals surface area contributed by atoms with Gasteiger partial charge in [-0.1, -0.05) is 103 Å². The summed E-state index contributed by atoms with van der Waals surface area (Å²) in [4.78, 5) is 28.7. The zero-order valence-electron chi connectivity index (χ0n) is 26.0. The molecule has 5 aromatic rings. The number of aliphatic hydroxyl groups is 1. The molecule has 48 heavy (non-hydrogen) atoms. The molecule has 1 N–H and O–H groups in total. The normalized spacial score (nSPS) is 15.5. The monoisotopic (exact) mass is 697 g/mol. The van der Waals surface area contributed by atoms with E-state index in [1.807, 2.05) is 54.6 Å². The fourth-order valence-electron chi connectivity index (χ4n) is 5.12. The van der Waals surface area contributed by atoms with Crippen LogP contribution in [0, 0.1) is 0 Å². The molecule has 1 atom stereocenters. The van der Waals surface area contributed by atoms with Crippen molar-refractivity contribution in [3.05, 3.63) is 136 Å². The third-order valence-corrected chi connectivity index (χ3v) is 10.0. The number of carbonyl (C=O) groups excluding carboxylic acids is 2. The van der Waals surface area contributed by atoms with Gasteiger partial charge in [-0.05, 0) is 71.6 Å². The number of Topliss-reactive ketones (excluding diaryl/α,β-unsaturated/α-hetero) is 1. The minimum atomic E-state index is -0.948. The van der Waals surface area contributed by atoms with Gasteiger partial charge in [0.15, 0.2) is 4.34 Å². The number of aliphatic hydroxyl groups excluding tert-OH is 1. The first-order valence-corrected chi connectivity index (χ1v) is 17.6. The van der Waals surface area contributed by atoms with E-state index < -0.39 is 17.7 Å². The quantitative estimate of drug-likeness (QED) is 0.0325. The zero-order valence-corrected chi connectivity index (χ0v) is 28.4. The van der Waals surface area contributed by atoms with Crippen LogP contribution in [0.1, 0.15) is 48.1 Å². The van der Waals surface area contributed by atoms with Gasteiger partial charge >= 0.3 is 5.91 Å². The number of benzene rings is 4. The highest BCUT2D eigenvalue weighted by Gasteiger charge is 2.48. The minimum absolute atomic E-state index is 0.0387. The van der Waals surface area contributed by atoms with Crippen LogP contribution in [-0.2, 0) is 21.9 Å². The van der Waals surface area contributed by atoms with E-state index in [0.29, 0.717) is 51.0 Å². The van der Waals surface area contributed by atoms with Gasteiger partial charge in [0.05, 0.1) is 18.2 Å². The van der Waals surface area contributed by atoms with Gasteiger partial charge in [-0.2, -0.15) is 0 Å². The van der Waals surface area contributed by atoms with E-state index in [4.69, 9.17) is 21.1 Å². The maximum atomic E-state index is 13.7. The Hall–Kier alpha value is -4.64. The number of unbranched alkanes of at least 4 members (excludes halogenated alkanes) is 1. The summed E-state index contributed by atoms with van der Waals surface area (Å²) in [7, 11) is 0. The first-order chi connectivity index (χ1) is 23.4. The minimum Gasteiger partial charge on any atom is -0.507 e. The molecule has 0 unspecified atom stereocenters. The first kappa shape index (κ1) is 33.3. The smallest absolute Gasteiger partial charge is 0.301 e. The molecule has 0 bridgehead atoms. The Balaban J connectivity index is 1.31. The number of nitrogens with zero attached hydrogens (tertiary/aromatic N) is 3. The van der Waals surface area contributed by atoms with E-state index in [9.17, 15) is 14.7 Å². The fourth-order valence-corrected chi connectivity index (χ4v) is 7.06. The van der Waals surface area contributed by atoms with Crippen LogP contribution in [0.3, 0.4) is 0 Å². The molecule has 1 aliphatic rings. The van der Waals surface area contributed by atoms with Crippen LogP contribution in [0.2, 0.25) is 5.02 Å². The second kappa shape index (κ2) is 15.5. The molecule has 244 valence electrons. The molecule has 0 radical (unpaired) electrons. The van der Waals surface area contributed by atoms with Crippen molar-refractivity contribution in [1.29, 1.82) is 0 Å². The molecular weight excluding hydrogens is 666 g/mol. The summed E-state index contributed by atoms with van der Waals surface area (Å²) in [6.07, 6.45) is 1.94. The summed E-state index contributed by atoms with van der Waals surface area (Å²) in [6, 6.07) is 30.4. The largest absolute Gasteiger partial charge is 0.507 e. The van der Waals surface area contributed by atoms with Crippen molar-refractivity contribution >= 4 is 57.3 Å². The van der Waals surface area contributed by atoms with Crippen molar-refractivity contribution in [2.24, 2.45) is 0 Å². The molecule has 1 saturated heterocycles. The molecule has 8 nitrogen and oxygen atoms in total. The molecule has 1 amide bonds. The first-order valence-electron chi connectivity index (χ1n) is 15.4. The van der Waals surface area contributed by atoms with Crippen LogP contribution >= 0.6 is 34.7 Å². The van der Waals surface area contributed by atoms with Crippen molar-refractivity contribution in [2.45, 2.75) is 42.5 Å². The number of thioether (sulfide) groups is 1. The van der Waals surface area contributed by atoms with Crippen molar-refractivity contribution in [3.8, 4) is 11.5 Å². The number of hydrogen-bond acceptors (Lipinski definition) is 9. The van der Waals surface area contributed by atoms with E-state index in [-0.39, 0.29) is 16.5 Å². The lowest BCUT2D eigenvalue weighted by Crippen LogP contribution is -2.29. The second-order valence-corrected chi connectivity index (χ2v) is 13.6. The molecule has 2 heterocycles. The molecular formula is C37H32ClN3O5S2. The predicted molar refractivity (Wildman–Crippen MR) is 190 cm³/mol. The SMILES string of the molecule is CCCCOc1ccc(C(O)=C2C(=O)C(=O)N(c3nnc(SCc4ccc(Cl)cc4)s3)[C@H]2c2ccc(OCc3ccccc3)cc2)cc1. The third-order valence-electron chi connectivity index (χ3n) is 7.66.